The van der Waals surface area contributed by atoms with Crippen LogP contribution in [0.2, 0.25) is 0 Å². The molecule has 0 amide bonds. The Morgan fingerprint density at radius 3 is 2.12 bits per heavy atom. The van der Waals surface area contributed by atoms with E-state index in [1.165, 1.54) is 28.0 Å². The fourth-order valence-electron chi connectivity index (χ4n) is 7.31. The second kappa shape index (κ2) is 12.3. The molecule has 0 bridgehead atoms. The Kier molecular flexibility index (Phi) is 7.48. The van der Waals surface area contributed by atoms with Gasteiger partial charge in [0.05, 0.1) is 27.7 Å². The Labute approximate surface area is 296 Å². The SMILES string of the molecule is O=c1/c(=C\c2cc(-c3ccccc3)n(-c3ccc(Br)cc3)c2-c2ccccc2)sc2n1[C@@H](c1ccccc1)C1=C(N=2)c2ccccc2CC1. The van der Waals surface area contributed by atoms with E-state index in [2.05, 4.69) is 154 Å². The largest absolute Gasteiger partial charge is 0.309 e. The van der Waals surface area contributed by atoms with Gasteiger partial charge in [0.25, 0.3) is 5.56 Å². The monoisotopic (exact) mass is 715 g/mol. The third-order valence-electron chi connectivity index (χ3n) is 9.51. The number of aromatic nitrogens is 2. The van der Waals surface area contributed by atoms with Gasteiger partial charge in [0.2, 0.25) is 0 Å². The molecule has 236 valence electrons. The van der Waals surface area contributed by atoms with E-state index in [1.807, 2.05) is 22.8 Å². The van der Waals surface area contributed by atoms with Gasteiger partial charge in [-0.1, -0.05) is 143 Å². The van der Waals surface area contributed by atoms with Crippen LogP contribution in [0.1, 0.15) is 34.7 Å². The molecule has 7 aromatic rings. The lowest BCUT2D eigenvalue weighted by Gasteiger charge is -2.30. The highest BCUT2D eigenvalue weighted by atomic mass is 79.9. The number of allylic oxidation sites excluding steroid dienone is 1. The smallest absolute Gasteiger partial charge is 0.271 e. The molecule has 9 rings (SSSR count). The zero-order valence-corrected chi connectivity index (χ0v) is 28.9. The first-order chi connectivity index (χ1) is 24.1. The van der Waals surface area contributed by atoms with Crippen molar-refractivity contribution < 1.29 is 0 Å². The number of thiazole rings is 1. The van der Waals surface area contributed by atoms with Crippen molar-refractivity contribution in [2.45, 2.75) is 18.9 Å². The second-order valence-corrected chi connectivity index (χ2v) is 14.3. The summed E-state index contributed by atoms with van der Waals surface area (Å²) in [7, 11) is 0. The van der Waals surface area contributed by atoms with Crippen LogP contribution in [0.4, 0.5) is 0 Å². The van der Waals surface area contributed by atoms with Crippen molar-refractivity contribution in [3.05, 3.63) is 198 Å². The molecular formula is C43H30BrN3OS. The van der Waals surface area contributed by atoms with Gasteiger partial charge < -0.3 is 4.57 Å². The van der Waals surface area contributed by atoms with E-state index < -0.39 is 0 Å². The molecule has 0 fully saturated rings. The molecule has 2 aromatic heterocycles. The van der Waals surface area contributed by atoms with E-state index in [0.29, 0.717) is 4.53 Å². The molecular weight excluding hydrogens is 686 g/mol. The van der Waals surface area contributed by atoms with Crippen LogP contribution in [0.15, 0.2) is 165 Å². The van der Waals surface area contributed by atoms with Gasteiger partial charge in [-0.25, -0.2) is 4.99 Å². The number of fused-ring (bicyclic) bond motifs is 3. The predicted octanol–water partition coefficient (Wildman–Crippen LogP) is 9.21. The third kappa shape index (κ3) is 5.19. The Hall–Kier alpha value is -5.30. The van der Waals surface area contributed by atoms with Crippen LogP contribution in [0, 0.1) is 0 Å². The summed E-state index contributed by atoms with van der Waals surface area (Å²) in [5.41, 5.74) is 12.1. The molecule has 0 N–H and O–H groups in total. The molecule has 6 heteroatoms. The third-order valence-corrected chi connectivity index (χ3v) is 11.0. The van der Waals surface area contributed by atoms with E-state index in [0.717, 1.165) is 67.1 Å². The predicted molar refractivity (Wildman–Crippen MR) is 204 cm³/mol. The topological polar surface area (TPSA) is 39.3 Å². The number of halogens is 1. The number of hydrogen-bond donors (Lipinski definition) is 0. The molecule has 0 radical (unpaired) electrons. The molecule has 3 heterocycles. The second-order valence-electron chi connectivity index (χ2n) is 12.4. The van der Waals surface area contributed by atoms with Crippen molar-refractivity contribution in [2.24, 2.45) is 4.99 Å². The van der Waals surface area contributed by atoms with Crippen molar-refractivity contribution in [3.8, 4) is 28.2 Å². The minimum Gasteiger partial charge on any atom is -0.309 e. The normalized spacial score (nSPS) is 15.4. The molecule has 4 nitrogen and oxygen atoms in total. The first-order valence-electron chi connectivity index (χ1n) is 16.4. The molecule has 0 unspecified atom stereocenters. The van der Waals surface area contributed by atoms with Gasteiger partial charge in [-0.15, -0.1) is 0 Å². The molecule has 1 aliphatic heterocycles. The van der Waals surface area contributed by atoms with Gasteiger partial charge in [0.15, 0.2) is 4.80 Å². The summed E-state index contributed by atoms with van der Waals surface area (Å²) >= 11 is 5.10. The van der Waals surface area contributed by atoms with Crippen LogP contribution in [-0.4, -0.2) is 9.13 Å². The molecule has 0 spiro atoms. The highest BCUT2D eigenvalue weighted by Gasteiger charge is 2.32. The van der Waals surface area contributed by atoms with Crippen molar-refractivity contribution >= 4 is 39.0 Å². The zero-order chi connectivity index (χ0) is 32.9. The van der Waals surface area contributed by atoms with E-state index >= 15 is 0 Å². The van der Waals surface area contributed by atoms with Gasteiger partial charge in [-0.05, 0) is 77.1 Å². The Balaban J connectivity index is 1.32. The standard InChI is InChI=1S/C43H30BrN3OS/c44-33-21-23-34(24-22-33)46-37(29-13-4-1-5-14-29)26-32(40(46)30-15-6-2-7-16-30)27-38-42(48)47-41(31-17-8-3-9-18-31)36-25-20-28-12-10-11-19-35(28)39(36)45-43(47)49-38/h1-19,21-24,26-27,41H,20,25H2/b38-27+/t41-/m0/s1. The van der Waals surface area contributed by atoms with Crippen molar-refractivity contribution in [2.75, 3.05) is 0 Å². The molecule has 5 aromatic carbocycles. The van der Waals surface area contributed by atoms with Crippen molar-refractivity contribution in [3.63, 3.8) is 0 Å². The summed E-state index contributed by atoms with van der Waals surface area (Å²) < 4.78 is 5.93. The Bertz CT molecular complexity index is 2560. The van der Waals surface area contributed by atoms with Gasteiger partial charge in [0.1, 0.15) is 0 Å². The van der Waals surface area contributed by atoms with Crippen LogP contribution in [0.3, 0.4) is 0 Å². The van der Waals surface area contributed by atoms with Gasteiger partial charge in [0, 0.05) is 21.3 Å². The van der Waals surface area contributed by atoms with E-state index in [1.54, 1.807) is 0 Å². The van der Waals surface area contributed by atoms with Crippen LogP contribution in [0.5, 0.6) is 0 Å². The maximum atomic E-state index is 14.7. The summed E-state index contributed by atoms with van der Waals surface area (Å²) in [6.07, 6.45) is 3.88. The minimum absolute atomic E-state index is 0.0142. The Morgan fingerprint density at radius 1 is 0.735 bits per heavy atom. The quantitative estimate of drug-likeness (QED) is 0.175. The fraction of sp³-hybridized carbons (Fsp3) is 0.0698. The average molecular weight is 717 g/mol. The number of hydrogen-bond acceptors (Lipinski definition) is 3. The lowest BCUT2D eigenvalue weighted by molar-refractivity contribution is 0.585. The van der Waals surface area contributed by atoms with Crippen LogP contribution >= 0.6 is 27.3 Å². The van der Waals surface area contributed by atoms with Crippen LogP contribution in [0.25, 0.3) is 40.0 Å². The fourth-order valence-corrected chi connectivity index (χ4v) is 8.57. The minimum atomic E-state index is -0.205. The maximum absolute atomic E-state index is 14.7. The number of nitrogens with zero attached hydrogens (tertiary/aromatic N) is 3. The highest BCUT2D eigenvalue weighted by Crippen LogP contribution is 2.41. The van der Waals surface area contributed by atoms with E-state index in [-0.39, 0.29) is 11.6 Å². The van der Waals surface area contributed by atoms with E-state index in [9.17, 15) is 4.79 Å². The van der Waals surface area contributed by atoms with Gasteiger partial charge >= 0.3 is 0 Å². The first-order valence-corrected chi connectivity index (χ1v) is 18.1. The molecule has 1 atom stereocenters. The molecule has 49 heavy (non-hydrogen) atoms. The number of rotatable bonds is 5. The highest BCUT2D eigenvalue weighted by molar-refractivity contribution is 9.10. The summed E-state index contributed by atoms with van der Waals surface area (Å²) in [6.45, 7) is 0. The van der Waals surface area contributed by atoms with Crippen molar-refractivity contribution in [1.29, 1.82) is 0 Å². The molecule has 1 aliphatic carbocycles. The van der Waals surface area contributed by atoms with Gasteiger partial charge in [-0.3, -0.25) is 9.36 Å². The number of benzene rings is 5. The molecule has 0 saturated carbocycles. The lowest BCUT2D eigenvalue weighted by Crippen LogP contribution is -2.38. The zero-order valence-electron chi connectivity index (χ0n) is 26.5. The van der Waals surface area contributed by atoms with Crippen LogP contribution in [-0.2, 0) is 6.42 Å². The summed E-state index contributed by atoms with van der Waals surface area (Å²) in [5, 5.41) is 0. The van der Waals surface area contributed by atoms with Crippen molar-refractivity contribution in [1.82, 2.24) is 9.13 Å². The van der Waals surface area contributed by atoms with E-state index in [4.69, 9.17) is 4.99 Å². The molecule has 0 saturated heterocycles. The Morgan fingerprint density at radius 2 is 1.39 bits per heavy atom. The lowest BCUT2D eigenvalue weighted by atomic mass is 9.83. The van der Waals surface area contributed by atoms with Gasteiger partial charge in [-0.2, -0.15) is 0 Å². The average Bonchev–Trinajstić information content (AvgIpc) is 3.69. The molecule has 2 aliphatic rings. The number of aryl methyl sites for hydroxylation is 1. The van der Waals surface area contributed by atoms with Crippen LogP contribution < -0.4 is 14.9 Å². The summed E-state index contributed by atoms with van der Waals surface area (Å²) in [5.74, 6) is 0. The first kappa shape index (κ1) is 29.8. The summed E-state index contributed by atoms with van der Waals surface area (Å²) in [4.78, 5) is 20.7. The summed E-state index contributed by atoms with van der Waals surface area (Å²) in [6, 6.07) is 50.3. The maximum Gasteiger partial charge on any atom is 0.271 e.